The van der Waals surface area contributed by atoms with Gasteiger partial charge in [-0.05, 0) is 45.7 Å². The van der Waals surface area contributed by atoms with Crippen LogP contribution in [0.15, 0.2) is 17.2 Å². The van der Waals surface area contributed by atoms with Gasteiger partial charge in [-0.1, -0.05) is 0 Å². The summed E-state index contributed by atoms with van der Waals surface area (Å²) in [4.78, 5) is 17.5. The number of hydrogen-bond donors (Lipinski definition) is 0. The smallest absolute Gasteiger partial charge is 0.301 e. The first kappa shape index (κ1) is 16.0. The predicted molar refractivity (Wildman–Crippen MR) is 72.9 cm³/mol. The Morgan fingerprint density at radius 3 is 2.43 bits per heavy atom. The van der Waals surface area contributed by atoms with Crippen LogP contribution in [0.5, 0.6) is 0 Å². The predicted octanol–water partition coefficient (Wildman–Crippen LogP) is 2.38. The highest BCUT2D eigenvalue weighted by molar-refractivity contribution is 5.03. The molecule has 0 aliphatic carbocycles. The van der Waals surface area contributed by atoms with Crippen molar-refractivity contribution in [2.75, 3.05) is 13.1 Å². The molecule has 4 nitrogen and oxygen atoms in total. The molecule has 1 aromatic heterocycles. The molecule has 1 saturated heterocycles. The van der Waals surface area contributed by atoms with Crippen LogP contribution in [0.2, 0.25) is 0 Å². The van der Waals surface area contributed by atoms with E-state index >= 15 is 0 Å². The Morgan fingerprint density at radius 2 is 1.95 bits per heavy atom. The Labute approximate surface area is 121 Å². The summed E-state index contributed by atoms with van der Waals surface area (Å²) in [7, 11) is 0. The second kappa shape index (κ2) is 6.17. The van der Waals surface area contributed by atoms with Crippen LogP contribution in [0, 0.1) is 5.92 Å². The van der Waals surface area contributed by atoms with Gasteiger partial charge >= 0.3 is 6.18 Å². The molecular formula is C14H20F3N3O. The maximum atomic E-state index is 12.5. The van der Waals surface area contributed by atoms with Gasteiger partial charge in [0.15, 0.2) is 5.69 Å². The summed E-state index contributed by atoms with van der Waals surface area (Å²) in [5.74, 6) is 0.316. The van der Waals surface area contributed by atoms with Crippen LogP contribution in [0.3, 0.4) is 0 Å². The van der Waals surface area contributed by atoms with Crippen molar-refractivity contribution >= 4 is 0 Å². The molecule has 0 aromatic carbocycles. The van der Waals surface area contributed by atoms with E-state index in [1.165, 1.54) is 4.57 Å². The number of piperidine rings is 1. The van der Waals surface area contributed by atoms with E-state index in [1.807, 2.05) is 0 Å². The third kappa shape index (κ3) is 4.06. The largest absolute Gasteiger partial charge is 0.433 e. The molecule has 1 fully saturated rings. The Balaban J connectivity index is 2.00. The Hall–Kier alpha value is -1.37. The number of hydrogen-bond acceptors (Lipinski definition) is 3. The first-order valence-electron chi connectivity index (χ1n) is 7.15. The van der Waals surface area contributed by atoms with Crippen molar-refractivity contribution in [2.24, 2.45) is 5.92 Å². The molecule has 0 unspecified atom stereocenters. The number of aromatic nitrogens is 2. The van der Waals surface area contributed by atoms with Gasteiger partial charge in [-0.15, -0.1) is 0 Å². The quantitative estimate of drug-likeness (QED) is 0.860. The van der Waals surface area contributed by atoms with E-state index in [2.05, 4.69) is 23.7 Å². The van der Waals surface area contributed by atoms with E-state index in [-0.39, 0.29) is 0 Å². The fourth-order valence-electron chi connectivity index (χ4n) is 2.65. The van der Waals surface area contributed by atoms with E-state index < -0.39 is 17.4 Å². The Kier molecular flexibility index (Phi) is 4.70. The summed E-state index contributed by atoms with van der Waals surface area (Å²) in [6.07, 6.45) is -1.65. The molecule has 2 rings (SSSR count). The fraction of sp³-hybridized carbons (Fsp3) is 0.714. The molecule has 0 N–H and O–H groups in total. The van der Waals surface area contributed by atoms with Gasteiger partial charge in [-0.3, -0.25) is 9.36 Å². The van der Waals surface area contributed by atoms with Crippen LogP contribution >= 0.6 is 0 Å². The van der Waals surface area contributed by atoms with Crippen molar-refractivity contribution in [1.29, 1.82) is 0 Å². The molecule has 0 radical (unpaired) electrons. The molecule has 1 aromatic rings. The van der Waals surface area contributed by atoms with Gasteiger partial charge in [0.25, 0.3) is 5.56 Å². The maximum absolute atomic E-state index is 12.5. The van der Waals surface area contributed by atoms with Crippen molar-refractivity contribution in [3.05, 3.63) is 28.4 Å². The number of nitrogens with zero attached hydrogens (tertiary/aromatic N) is 3. The minimum atomic E-state index is -4.57. The summed E-state index contributed by atoms with van der Waals surface area (Å²) in [6.45, 7) is 6.65. The van der Waals surface area contributed by atoms with Crippen LogP contribution < -0.4 is 5.56 Å². The van der Waals surface area contributed by atoms with Crippen LogP contribution in [-0.4, -0.2) is 33.6 Å². The zero-order valence-corrected chi connectivity index (χ0v) is 12.2. The number of likely N-dealkylation sites (tertiary alicyclic amines) is 1. The van der Waals surface area contributed by atoms with Gasteiger partial charge in [-0.25, -0.2) is 4.98 Å². The number of alkyl halides is 3. The fourth-order valence-corrected chi connectivity index (χ4v) is 2.65. The zero-order valence-electron chi connectivity index (χ0n) is 12.2. The second-order valence-corrected chi connectivity index (χ2v) is 5.84. The van der Waals surface area contributed by atoms with Crippen molar-refractivity contribution < 1.29 is 13.2 Å². The van der Waals surface area contributed by atoms with E-state index in [4.69, 9.17) is 0 Å². The third-order valence-electron chi connectivity index (χ3n) is 4.00. The molecule has 0 bridgehead atoms. The summed E-state index contributed by atoms with van der Waals surface area (Å²) in [5, 5.41) is 0. The molecule has 7 heteroatoms. The van der Waals surface area contributed by atoms with Crippen molar-refractivity contribution in [2.45, 2.75) is 45.5 Å². The van der Waals surface area contributed by atoms with Gasteiger partial charge in [0.2, 0.25) is 0 Å². The lowest BCUT2D eigenvalue weighted by Crippen LogP contribution is -2.40. The highest BCUT2D eigenvalue weighted by atomic mass is 19.4. The molecule has 2 heterocycles. The highest BCUT2D eigenvalue weighted by Gasteiger charge is 2.33. The lowest BCUT2D eigenvalue weighted by Gasteiger charge is -2.34. The van der Waals surface area contributed by atoms with E-state index in [1.54, 1.807) is 0 Å². The topological polar surface area (TPSA) is 38.1 Å². The number of halogens is 3. The number of rotatable bonds is 3. The molecule has 118 valence electrons. The average Bonchev–Trinajstić information content (AvgIpc) is 2.40. The maximum Gasteiger partial charge on any atom is 0.433 e. The van der Waals surface area contributed by atoms with E-state index in [0.29, 0.717) is 24.6 Å². The lowest BCUT2D eigenvalue weighted by molar-refractivity contribution is -0.141. The van der Waals surface area contributed by atoms with E-state index in [9.17, 15) is 18.0 Å². The van der Waals surface area contributed by atoms with E-state index in [0.717, 1.165) is 32.3 Å². The minimum Gasteiger partial charge on any atom is -0.301 e. The molecule has 0 spiro atoms. The molecule has 1 aliphatic heterocycles. The van der Waals surface area contributed by atoms with Gasteiger partial charge in [0.05, 0.1) is 6.33 Å². The van der Waals surface area contributed by atoms with Gasteiger partial charge in [-0.2, -0.15) is 13.2 Å². The highest BCUT2D eigenvalue weighted by Crippen LogP contribution is 2.26. The summed E-state index contributed by atoms with van der Waals surface area (Å²) >= 11 is 0. The standard InChI is InChI=1S/C14H20F3N3O/c1-10(2)19-5-3-11(4-6-19)8-20-9-18-12(7-13(20)21)14(15,16)17/h7,9-11H,3-6,8H2,1-2H3. The van der Waals surface area contributed by atoms with Gasteiger partial charge < -0.3 is 4.90 Å². The summed E-state index contributed by atoms with van der Waals surface area (Å²) < 4.78 is 38.7. The Morgan fingerprint density at radius 1 is 1.33 bits per heavy atom. The summed E-state index contributed by atoms with van der Waals surface area (Å²) in [6, 6.07) is 1.07. The van der Waals surface area contributed by atoms with Crippen LogP contribution in [0.4, 0.5) is 13.2 Å². The SMILES string of the molecule is CC(C)N1CCC(Cn2cnc(C(F)(F)F)cc2=O)CC1. The molecule has 1 aliphatic rings. The lowest BCUT2D eigenvalue weighted by atomic mass is 9.96. The molecule has 0 atom stereocenters. The first-order chi connectivity index (χ1) is 9.77. The monoisotopic (exact) mass is 303 g/mol. The van der Waals surface area contributed by atoms with Gasteiger partial charge in [0.1, 0.15) is 0 Å². The van der Waals surface area contributed by atoms with Crippen LogP contribution in [0.1, 0.15) is 32.4 Å². The molecular weight excluding hydrogens is 283 g/mol. The van der Waals surface area contributed by atoms with Gasteiger partial charge in [0, 0.05) is 18.7 Å². The van der Waals surface area contributed by atoms with Crippen molar-refractivity contribution in [3.8, 4) is 0 Å². The third-order valence-corrected chi connectivity index (χ3v) is 4.00. The Bertz CT molecular complexity index is 531. The zero-order chi connectivity index (χ0) is 15.6. The normalized spacial score (nSPS) is 18.4. The second-order valence-electron chi connectivity index (χ2n) is 5.84. The average molecular weight is 303 g/mol. The molecule has 0 saturated carbocycles. The molecule has 0 amide bonds. The van der Waals surface area contributed by atoms with Crippen molar-refractivity contribution in [1.82, 2.24) is 14.5 Å². The minimum absolute atomic E-state index is 0.316. The first-order valence-corrected chi connectivity index (χ1v) is 7.15. The van der Waals surface area contributed by atoms with Crippen molar-refractivity contribution in [3.63, 3.8) is 0 Å². The van der Waals surface area contributed by atoms with Crippen LogP contribution in [-0.2, 0) is 12.7 Å². The van der Waals surface area contributed by atoms with Crippen LogP contribution in [0.25, 0.3) is 0 Å². The molecule has 21 heavy (non-hydrogen) atoms. The summed E-state index contributed by atoms with van der Waals surface area (Å²) in [5.41, 5.74) is -1.76.